The summed E-state index contributed by atoms with van der Waals surface area (Å²) in [4.78, 5) is 28.9. The minimum atomic E-state index is 0.119. The van der Waals surface area contributed by atoms with Crippen LogP contribution in [0.3, 0.4) is 0 Å². The van der Waals surface area contributed by atoms with E-state index < -0.39 is 0 Å². The van der Waals surface area contributed by atoms with Crippen molar-refractivity contribution in [1.29, 1.82) is 0 Å². The van der Waals surface area contributed by atoms with E-state index in [0.29, 0.717) is 6.54 Å². The molecule has 2 amide bonds. The first-order valence-corrected chi connectivity index (χ1v) is 10.1. The van der Waals surface area contributed by atoms with E-state index in [9.17, 15) is 9.59 Å². The van der Waals surface area contributed by atoms with Crippen molar-refractivity contribution in [3.05, 3.63) is 29.3 Å². The van der Waals surface area contributed by atoms with Crippen LogP contribution in [0.2, 0.25) is 0 Å². The molecule has 1 aromatic rings. The van der Waals surface area contributed by atoms with Crippen LogP contribution < -0.4 is 5.32 Å². The number of nitrogens with zero attached hydrogens (tertiary/aromatic N) is 2. The number of hydrogen-bond donors (Lipinski definition) is 1. The summed E-state index contributed by atoms with van der Waals surface area (Å²) in [6.45, 7) is 5.79. The largest absolute Gasteiger partial charge is 0.376 e. The lowest BCUT2D eigenvalue weighted by Gasteiger charge is -2.25. The smallest absolute Gasteiger partial charge is 0.253 e. The van der Waals surface area contributed by atoms with E-state index in [-0.39, 0.29) is 11.8 Å². The van der Waals surface area contributed by atoms with E-state index >= 15 is 0 Å². The first-order chi connectivity index (χ1) is 12.6. The first-order valence-electron chi connectivity index (χ1n) is 10.1. The maximum atomic E-state index is 12.5. The maximum absolute atomic E-state index is 12.5. The molecule has 142 valence electrons. The normalized spacial score (nSPS) is 18.3. The van der Waals surface area contributed by atoms with Crippen LogP contribution in [0.15, 0.2) is 18.2 Å². The molecule has 0 spiro atoms. The summed E-state index contributed by atoms with van der Waals surface area (Å²) < 4.78 is 0. The fraction of sp³-hybridized carbons (Fsp3) is 0.619. The average Bonchev–Trinajstić information content (AvgIpc) is 3.14. The van der Waals surface area contributed by atoms with Crippen LogP contribution in [0.1, 0.15) is 60.9 Å². The summed E-state index contributed by atoms with van der Waals surface area (Å²) in [7, 11) is 0. The number of rotatable bonds is 4. The first kappa shape index (κ1) is 18.7. The van der Waals surface area contributed by atoms with E-state index in [1.165, 1.54) is 19.3 Å². The Bertz CT molecular complexity index is 630. The summed E-state index contributed by atoms with van der Waals surface area (Å²) in [5.74, 6) is 0.289. The van der Waals surface area contributed by atoms with Crippen LogP contribution in [0.5, 0.6) is 0 Å². The number of benzene rings is 1. The van der Waals surface area contributed by atoms with E-state index in [2.05, 4.69) is 5.32 Å². The number of carbonyl (C=O) groups excluding carboxylic acids is 2. The molecule has 5 nitrogen and oxygen atoms in total. The Morgan fingerprint density at radius 1 is 0.885 bits per heavy atom. The van der Waals surface area contributed by atoms with Gasteiger partial charge in [-0.25, -0.2) is 0 Å². The predicted octanol–water partition coefficient (Wildman–Crippen LogP) is 3.44. The van der Waals surface area contributed by atoms with Crippen LogP contribution in [0.4, 0.5) is 5.69 Å². The van der Waals surface area contributed by atoms with Crippen molar-refractivity contribution in [3.63, 3.8) is 0 Å². The number of nitrogens with one attached hydrogen (secondary N) is 1. The van der Waals surface area contributed by atoms with Gasteiger partial charge in [0.1, 0.15) is 0 Å². The molecule has 0 radical (unpaired) electrons. The predicted molar refractivity (Wildman–Crippen MR) is 104 cm³/mol. The lowest BCUT2D eigenvalue weighted by Crippen LogP contribution is -2.37. The third kappa shape index (κ3) is 4.77. The van der Waals surface area contributed by atoms with Gasteiger partial charge in [-0.3, -0.25) is 9.59 Å². The third-order valence-electron chi connectivity index (χ3n) is 5.51. The minimum absolute atomic E-state index is 0.119. The molecule has 2 aliphatic heterocycles. The highest BCUT2D eigenvalue weighted by molar-refractivity contribution is 5.95. The Morgan fingerprint density at radius 2 is 1.46 bits per heavy atom. The SMILES string of the molecule is Cc1cc(C(=O)N2CCCC2)ccc1NCC(=O)N1CCCCCCC1. The van der Waals surface area contributed by atoms with Crippen molar-refractivity contribution in [1.82, 2.24) is 9.80 Å². The number of hydrogen-bond acceptors (Lipinski definition) is 3. The average molecular weight is 357 g/mol. The number of amides is 2. The molecule has 0 saturated carbocycles. The van der Waals surface area contributed by atoms with Gasteiger partial charge in [0.05, 0.1) is 6.54 Å². The summed E-state index contributed by atoms with van der Waals surface area (Å²) in [6, 6.07) is 5.74. The van der Waals surface area contributed by atoms with Gasteiger partial charge in [0.25, 0.3) is 5.91 Å². The zero-order chi connectivity index (χ0) is 18.4. The van der Waals surface area contributed by atoms with Gasteiger partial charge in [0.15, 0.2) is 0 Å². The van der Waals surface area contributed by atoms with Gasteiger partial charge in [-0.2, -0.15) is 0 Å². The van der Waals surface area contributed by atoms with Crippen molar-refractivity contribution in [2.75, 3.05) is 38.0 Å². The van der Waals surface area contributed by atoms with Crippen LogP contribution in [-0.4, -0.2) is 54.3 Å². The zero-order valence-corrected chi connectivity index (χ0v) is 15.9. The number of carbonyl (C=O) groups is 2. The standard InChI is InChI=1S/C21H31N3O2/c1-17-15-18(21(26)24-13-7-8-14-24)9-10-19(17)22-16-20(25)23-11-5-3-2-4-6-12-23/h9-10,15,22H,2-8,11-14,16H2,1H3. The minimum Gasteiger partial charge on any atom is -0.376 e. The number of anilines is 1. The Kier molecular flexibility index (Phi) is 6.53. The van der Waals surface area contributed by atoms with E-state index in [4.69, 9.17) is 0 Å². The van der Waals surface area contributed by atoms with E-state index in [0.717, 1.165) is 68.7 Å². The number of aryl methyl sites for hydroxylation is 1. The molecule has 3 rings (SSSR count). The Labute approximate surface area is 156 Å². The molecular weight excluding hydrogens is 326 g/mol. The molecule has 0 bridgehead atoms. The van der Waals surface area contributed by atoms with Gasteiger partial charge < -0.3 is 15.1 Å². The second-order valence-corrected chi connectivity index (χ2v) is 7.53. The van der Waals surface area contributed by atoms with Crippen LogP contribution in [-0.2, 0) is 4.79 Å². The summed E-state index contributed by atoms with van der Waals surface area (Å²) in [5, 5.41) is 3.27. The fourth-order valence-corrected chi connectivity index (χ4v) is 3.88. The highest BCUT2D eigenvalue weighted by Gasteiger charge is 2.20. The quantitative estimate of drug-likeness (QED) is 0.898. The van der Waals surface area contributed by atoms with Crippen molar-refractivity contribution in [3.8, 4) is 0 Å². The molecule has 1 N–H and O–H groups in total. The highest BCUT2D eigenvalue weighted by Crippen LogP contribution is 2.20. The van der Waals surface area contributed by atoms with Crippen LogP contribution in [0, 0.1) is 6.92 Å². The van der Waals surface area contributed by atoms with Crippen molar-refractivity contribution < 1.29 is 9.59 Å². The van der Waals surface area contributed by atoms with E-state index in [1.807, 2.05) is 34.9 Å². The molecule has 1 aromatic carbocycles. The summed E-state index contributed by atoms with van der Waals surface area (Å²) >= 11 is 0. The highest BCUT2D eigenvalue weighted by atomic mass is 16.2. The topological polar surface area (TPSA) is 52.7 Å². The molecule has 2 saturated heterocycles. The van der Waals surface area contributed by atoms with Crippen LogP contribution >= 0.6 is 0 Å². The van der Waals surface area contributed by atoms with Gasteiger partial charge in [0, 0.05) is 37.4 Å². The Morgan fingerprint density at radius 3 is 2.12 bits per heavy atom. The van der Waals surface area contributed by atoms with Gasteiger partial charge in [-0.15, -0.1) is 0 Å². The molecule has 5 heteroatoms. The second-order valence-electron chi connectivity index (χ2n) is 7.53. The maximum Gasteiger partial charge on any atom is 0.253 e. The number of likely N-dealkylation sites (tertiary alicyclic amines) is 2. The Balaban J connectivity index is 1.55. The fourth-order valence-electron chi connectivity index (χ4n) is 3.88. The van der Waals surface area contributed by atoms with Crippen LogP contribution in [0.25, 0.3) is 0 Å². The molecule has 2 fully saturated rings. The molecule has 2 aliphatic rings. The van der Waals surface area contributed by atoms with Gasteiger partial charge >= 0.3 is 0 Å². The van der Waals surface area contributed by atoms with Crippen molar-refractivity contribution in [2.45, 2.75) is 51.9 Å². The van der Waals surface area contributed by atoms with Gasteiger partial charge in [-0.1, -0.05) is 19.3 Å². The van der Waals surface area contributed by atoms with Crippen molar-refractivity contribution >= 4 is 17.5 Å². The Hall–Kier alpha value is -2.04. The lowest BCUT2D eigenvalue weighted by molar-refractivity contribution is -0.129. The summed E-state index contributed by atoms with van der Waals surface area (Å²) in [5.41, 5.74) is 2.68. The molecule has 2 heterocycles. The van der Waals surface area contributed by atoms with E-state index in [1.54, 1.807) is 0 Å². The molecular formula is C21H31N3O2. The summed E-state index contributed by atoms with van der Waals surface area (Å²) in [6.07, 6.45) is 8.16. The molecule has 0 aliphatic carbocycles. The van der Waals surface area contributed by atoms with Gasteiger partial charge in [-0.05, 0) is 56.4 Å². The third-order valence-corrected chi connectivity index (χ3v) is 5.51. The second kappa shape index (κ2) is 9.06. The molecule has 0 aromatic heterocycles. The zero-order valence-electron chi connectivity index (χ0n) is 15.9. The molecule has 26 heavy (non-hydrogen) atoms. The van der Waals surface area contributed by atoms with Gasteiger partial charge in [0.2, 0.25) is 5.91 Å². The molecule has 0 unspecified atom stereocenters. The lowest BCUT2D eigenvalue weighted by atomic mass is 10.1. The molecule has 0 atom stereocenters. The van der Waals surface area contributed by atoms with Crippen molar-refractivity contribution in [2.24, 2.45) is 0 Å². The monoisotopic (exact) mass is 357 g/mol.